The summed E-state index contributed by atoms with van der Waals surface area (Å²) in [5.74, 6) is -0.571. The number of rotatable bonds is 6. The lowest BCUT2D eigenvalue weighted by atomic mass is 10.2. The fourth-order valence-corrected chi connectivity index (χ4v) is 1.45. The predicted octanol–water partition coefficient (Wildman–Crippen LogP) is 0.731. The molecule has 0 aliphatic rings. The molecule has 0 aromatic heterocycles. The molecule has 0 saturated carbocycles. The molecule has 0 saturated heterocycles. The van der Waals surface area contributed by atoms with Crippen LogP contribution in [-0.4, -0.2) is 37.9 Å². The molecule has 22 heavy (non-hydrogen) atoms. The van der Waals surface area contributed by atoms with E-state index in [1.807, 2.05) is 30.3 Å². The molecule has 0 bridgehead atoms. The second-order valence-corrected chi connectivity index (χ2v) is 4.33. The summed E-state index contributed by atoms with van der Waals surface area (Å²) in [6.45, 7) is 1.43. The summed E-state index contributed by atoms with van der Waals surface area (Å²) >= 11 is 0. The van der Waals surface area contributed by atoms with Gasteiger partial charge in [0.25, 0.3) is 0 Å². The van der Waals surface area contributed by atoms with Crippen molar-refractivity contribution in [1.29, 1.82) is 0 Å². The van der Waals surface area contributed by atoms with Crippen LogP contribution in [0, 0.1) is 0 Å². The van der Waals surface area contributed by atoms with Crippen molar-refractivity contribution >= 4 is 18.1 Å². The Morgan fingerprint density at radius 3 is 2.45 bits per heavy atom. The van der Waals surface area contributed by atoms with Crippen molar-refractivity contribution in [3.63, 3.8) is 0 Å². The van der Waals surface area contributed by atoms with Crippen molar-refractivity contribution in [1.82, 2.24) is 16.0 Å². The number of methoxy groups -OCH3 is 1. The molecule has 0 aliphatic heterocycles. The van der Waals surface area contributed by atoms with Gasteiger partial charge in [-0.2, -0.15) is 0 Å². The third kappa shape index (κ3) is 7.13. The van der Waals surface area contributed by atoms with E-state index in [1.54, 1.807) is 6.92 Å². The lowest BCUT2D eigenvalue weighted by Gasteiger charge is -2.16. The lowest BCUT2D eigenvalue weighted by molar-refractivity contribution is -0.139. The van der Waals surface area contributed by atoms with Crippen LogP contribution in [0.15, 0.2) is 30.3 Å². The fourth-order valence-electron chi connectivity index (χ4n) is 1.45. The van der Waals surface area contributed by atoms with E-state index in [0.29, 0.717) is 0 Å². The number of alkyl carbamates (subject to hydrolysis) is 1. The largest absolute Gasteiger partial charge is 0.468 e. The van der Waals surface area contributed by atoms with Gasteiger partial charge in [0.15, 0.2) is 0 Å². The number of amides is 3. The first-order valence-electron chi connectivity index (χ1n) is 6.59. The predicted molar refractivity (Wildman–Crippen MR) is 77.8 cm³/mol. The van der Waals surface area contributed by atoms with Crippen LogP contribution in [0.5, 0.6) is 0 Å². The number of urea groups is 1. The van der Waals surface area contributed by atoms with E-state index in [0.717, 1.165) is 5.56 Å². The van der Waals surface area contributed by atoms with E-state index in [1.165, 1.54) is 7.11 Å². The number of carbonyl (C=O) groups is 3. The van der Waals surface area contributed by atoms with Gasteiger partial charge in [0.2, 0.25) is 0 Å². The van der Waals surface area contributed by atoms with Gasteiger partial charge < -0.3 is 25.4 Å². The SMILES string of the molecule is COC(=O)CNC(=O)N[C@H](C)NC(=O)OCc1ccccc1. The molecule has 8 nitrogen and oxygen atoms in total. The minimum absolute atomic E-state index is 0.133. The Hall–Kier alpha value is -2.77. The smallest absolute Gasteiger partial charge is 0.409 e. The highest BCUT2D eigenvalue weighted by Gasteiger charge is 2.11. The van der Waals surface area contributed by atoms with Crippen molar-refractivity contribution in [3.05, 3.63) is 35.9 Å². The van der Waals surface area contributed by atoms with E-state index >= 15 is 0 Å². The molecule has 0 unspecified atom stereocenters. The van der Waals surface area contributed by atoms with Gasteiger partial charge >= 0.3 is 18.1 Å². The van der Waals surface area contributed by atoms with Crippen molar-refractivity contribution in [3.8, 4) is 0 Å². The van der Waals surface area contributed by atoms with Crippen LogP contribution in [0.3, 0.4) is 0 Å². The second kappa shape index (κ2) is 9.22. The second-order valence-electron chi connectivity index (χ2n) is 4.33. The summed E-state index contributed by atoms with van der Waals surface area (Å²) in [5, 5.41) is 7.13. The molecule has 8 heteroatoms. The Labute approximate surface area is 128 Å². The van der Waals surface area contributed by atoms with E-state index < -0.39 is 24.3 Å². The minimum Gasteiger partial charge on any atom is -0.468 e. The van der Waals surface area contributed by atoms with Gasteiger partial charge in [0.1, 0.15) is 19.3 Å². The maximum absolute atomic E-state index is 11.5. The molecule has 3 amide bonds. The Kier molecular flexibility index (Phi) is 7.24. The summed E-state index contributed by atoms with van der Waals surface area (Å²) in [6, 6.07) is 8.59. The van der Waals surface area contributed by atoms with E-state index in [2.05, 4.69) is 20.7 Å². The summed E-state index contributed by atoms with van der Waals surface area (Å²) < 4.78 is 9.37. The molecule has 0 spiro atoms. The van der Waals surface area contributed by atoms with Gasteiger partial charge in [-0.05, 0) is 12.5 Å². The van der Waals surface area contributed by atoms with Gasteiger partial charge in [-0.1, -0.05) is 30.3 Å². The number of esters is 1. The number of hydrogen-bond donors (Lipinski definition) is 3. The summed E-state index contributed by atoms with van der Waals surface area (Å²) in [7, 11) is 1.22. The summed E-state index contributed by atoms with van der Waals surface area (Å²) in [6.07, 6.45) is -1.33. The van der Waals surface area contributed by atoms with Crippen LogP contribution in [0.1, 0.15) is 12.5 Å². The highest BCUT2D eigenvalue weighted by molar-refractivity contribution is 5.81. The molecule has 0 fully saturated rings. The monoisotopic (exact) mass is 309 g/mol. The summed E-state index contributed by atoms with van der Waals surface area (Å²) in [5.41, 5.74) is 0.856. The van der Waals surface area contributed by atoms with E-state index in [4.69, 9.17) is 4.74 Å². The number of carbonyl (C=O) groups excluding carboxylic acids is 3. The topological polar surface area (TPSA) is 106 Å². The molecule has 0 aliphatic carbocycles. The Morgan fingerprint density at radius 1 is 1.14 bits per heavy atom. The highest BCUT2D eigenvalue weighted by atomic mass is 16.5. The molecular formula is C14H19N3O5. The first-order valence-corrected chi connectivity index (χ1v) is 6.59. The Bertz CT molecular complexity index is 506. The van der Waals surface area contributed by atoms with Crippen molar-refractivity contribution in [2.75, 3.05) is 13.7 Å². The van der Waals surface area contributed by atoms with Crippen LogP contribution in [0.2, 0.25) is 0 Å². The number of nitrogens with one attached hydrogen (secondary N) is 3. The molecule has 0 radical (unpaired) electrons. The average molecular weight is 309 g/mol. The average Bonchev–Trinajstić information content (AvgIpc) is 2.51. The van der Waals surface area contributed by atoms with E-state index in [9.17, 15) is 14.4 Å². The molecule has 120 valence electrons. The first kappa shape index (κ1) is 17.3. The van der Waals surface area contributed by atoms with Crippen LogP contribution >= 0.6 is 0 Å². The zero-order valence-corrected chi connectivity index (χ0v) is 12.4. The number of ether oxygens (including phenoxy) is 2. The Morgan fingerprint density at radius 2 is 1.82 bits per heavy atom. The molecular weight excluding hydrogens is 290 g/mol. The fraction of sp³-hybridized carbons (Fsp3) is 0.357. The van der Waals surface area contributed by atoms with Gasteiger partial charge in [0, 0.05) is 0 Å². The maximum atomic E-state index is 11.5. The van der Waals surface area contributed by atoms with E-state index in [-0.39, 0.29) is 13.2 Å². The van der Waals surface area contributed by atoms with Crippen LogP contribution in [0.4, 0.5) is 9.59 Å². The molecule has 0 heterocycles. The quantitative estimate of drug-likeness (QED) is 0.530. The van der Waals surface area contributed by atoms with Crippen molar-refractivity contribution < 1.29 is 23.9 Å². The molecule has 1 aromatic rings. The maximum Gasteiger partial charge on any atom is 0.409 e. The zero-order valence-electron chi connectivity index (χ0n) is 12.4. The van der Waals surface area contributed by atoms with Gasteiger partial charge in [-0.15, -0.1) is 0 Å². The van der Waals surface area contributed by atoms with Crippen molar-refractivity contribution in [2.24, 2.45) is 0 Å². The Balaban J connectivity index is 2.23. The molecule has 1 aromatic carbocycles. The molecule has 1 rings (SSSR count). The molecule has 1 atom stereocenters. The van der Waals surface area contributed by atoms with Gasteiger partial charge in [-0.25, -0.2) is 9.59 Å². The first-order chi connectivity index (χ1) is 10.5. The minimum atomic E-state index is -0.666. The number of benzene rings is 1. The van der Waals surface area contributed by atoms with Crippen LogP contribution < -0.4 is 16.0 Å². The highest BCUT2D eigenvalue weighted by Crippen LogP contribution is 2.00. The summed E-state index contributed by atoms with van der Waals surface area (Å²) in [4.78, 5) is 33.8. The van der Waals surface area contributed by atoms with Gasteiger partial charge in [0.05, 0.1) is 7.11 Å². The lowest BCUT2D eigenvalue weighted by Crippen LogP contribution is -2.50. The van der Waals surface area contributed by atoms with Gasteiger partial charge in [-0.3, -0.25) is 4.79 Å². The third-order valence-electron chi connectivity index (χ3n) is 2.52. The van der Waals surface area contributed by atoms with Crippen LogP contribution in [0.25, 0.3) is 0 Å². The number of hydrogen-bond acceptors (Lipinski definition) is 5. The zero-order chi connectivity index (χ0) is 16.4. The standard InChI is InChI=1S/C14H19N3O5/c1-10(16-13(19)15-8-12(18)21-2)17-14(20)22-9-11-6-4-3-5-7-11/h3-7,10H,8-9H2,1-2H3,(H,17,20)(H2,15,16,19)/t10-/m0/s1. The molecule has 3 N–H and O–H groups in total. The third-order valence-corrected chi connectivity index (χ3v) is 2.52. The normalized spacial score (nSPS) is 11.0. The van der Waals surface area contributed by atoms with Crippen molar-refractivity contribution in [2.45, 2.75) is 19.7 Å². The van der Waals surface area contributed by atoms with Crippen LogP contribution in [-0.2, 0) is 20.9 Å².